The van der Waals surface area contributed by atoms with Crippen LogP contribution in [0.4, 0.5) is 0 Å². The molecule has 11 rings (SSSR count). The molecule has 0 bridgehead atoms. The molecule has 11 aromatic rings. The highest BCUT2D eigenvalue weighted by atomic mass is 15.0. The van der Waals surface area contributed by atoms with Crippen LogP contribution in [0.3, 0.4) is 0 Å². The summed E-state index contributed by atoms with van der Waals surface area (Å²) in [7, 11) is 0. The molecule has 9 aromatic carbocycles. The van der Waals surface area contributed by atoms with Gasteiger partial charge in [-0.2, -0.15) is 0 Å². The zero-order valence-corrected chi connectivity index (χ0v) is 29.5. The molecule has 2 heteroatoms. The number of nitrogens with zero attached hydrogens (tertiary/aromatic N) is 2. The van der Waals surface area contributed by atoms with Crippen molar-refractivity contribution in [3.05, 3.63) is 206 Å². The molecule has 0 saturated carbocycles. The van der Waals surface area contributed by atoms with Gasteiger partial charge in [-0.05, 0) is 87.1 Å². The number of fused-ring (bicyclic) bond motifs is 7. The molecular formula is C52H34N2. The van der Waals surface area contributed by atoms with Gasteiger partial charge in [-0.25, -0.2) is 0 Å². The van der Waals surface area contributed by atoms with Crippen LogP contribution in [0.2, 0.25) is 0 Å². The van der Waals surface area contributed by atoms with Gasteiger partial charge in [0.15, 0.2) is 0 Å². The SMILES string of the molecule is c1ccc(-c2ccc(-n3c4ccccc4c4ccc(-c5c6ccccc6cc6c7ccccc7n(-c7ccc(-c8ccccc8)cc7)c56)cc43)cc2)cc1. The molecule has 2 nitrogen and oxygen atoms in total. The predicted octanol–water partition coefficient (Wildman–Crippen LogP) is 14.0. The summed E-state index contributed by atoms with van der Waals surface area (Å²) < 4.78 is 4.91. The number of aromatic nitrogens is 2. The Morgan fingerprint density at radius 2 is 0.704 bits per heavy atom. The third kappa shape index (κ3) is 4.74. The lowest BCUT2D eigenvalue weighted by Crippen LogP contribution is -1.97. The van der Waals surface area contributed by atoms with Gasteiger partial charge in [-0.15, -0.1) is 0 Å². The van der Waals surface area contributed by atoms with Gasteiger partial charge in [0.1, 0.15) is 0 Å². The van der Waals surface area contributed by atoms with Crippen molar-refractivity contribution in [3.8, 4) is 44.8 Å². The monoisotopic (exact) mass is 686 g/mol. The van der Waals surface area contributed by atoms with Crippen LogP contribution in [-0.4, -0.2) is 9.13 Å². The summed E-state index contributed by atoms with van der Waals surface area (Å²) in [5, 5.41) is 7.48. The average molecular weight is 687 g/mol. The Hall–Kier alpha value is -7.16. The molecular weight excluding hydrogens is 653 g/mol. The van der Waals surface area contributed by atoms with Gasteiger partial charge in [0.25, 0.3) is 0 Å². The van der Waals surface area contributed by atoms with Crippen molar-refractivity contribution >= 4 is 54.4 Å². The van der Waals surface area contributed by atoms with Gasteiger partial charge in [0.2, 0.25) is 0 Å². The van der Waals surface area contributed by atoms with Gasteiger partial charge in [-0.1, -0.05) is 158 Å². The summed E-state index contributed by atoms with van der Waals surface area (Å²) in [5.41, 5.74) is 14.4. The first-order valence-electron chi connectivity index (χ1n) is 18.6. The second-order valence-corrected chi connectivity index (χ2v) is 14.1. The van der Waals surface area contributed by atoms with Crippen molar-refractivity contribution in [2.24, 2.45) is 0 Å². The van der Waals surface area contributed by atoms with E-state index in [0.717, 1.165) is 11.4 Å². The summed E-state index contributed by atoms with van der Waals surface area (Å²) in [6.45, 7) is 0. The Morgan fingerprint density at radius 3 is 1.33 bits per heavy atom. The first kappa shape index (κ1) is 30.5. The fourth-order valence-corrected chi connectivity index (χ4v) is 8.62. The molecule has 0 amide bonds. The Balaban J connectivity index is 1.19. The Morgan fingerprint density at radius 1 is 0.259 bits per heavy atom. The zero-order chi connectivity index (χ0) is 35.6. The Kier molecular flexibility index (Phi) is 6.90. The third-order valence-electron chi connectivity index (χ3n) is 11.1. The smallest absolute Gasteiger partial charge is 0.0625 e. The predicted molar refractivity (Wildman–Crippen MR) is 229 cm³/mol. The van der Waals surface area contributed by atoms with Crippen LogP contribution in [0.1, 0.15) is 0 Å². The molecule has 0 unspecified atom stereocenters. The van der Waals surface area contributed by atoms with E-state index in [0.29, 0.717) is 0 Å². The molecule has 0 fully saturated rings. The number of para-hydroxylation sites is 2. The molecule has 0 aliphatic heterocycles. The first-order chi connectivity index (χ1) is 26.8. The highest BCUT2D eigenvalue weighted by molar-refractivity contribution is 6.22. The molecule has 2 aromatic heterocycles. The normalized spacial score (nSPS) is 11.7. The maximum atomic E-state index is 2.48. The maximum Gasteiger partial charge on any atom is 0.0625 e. The quantitative estimate of drug-likeness (QED) is 0.171. The Bertz CT molecular complexity index is 3170. The van der Waals surface area contributed by atoms with Crippen LogP contribution in [0.5, 0.6) is 0 Å². The van der Waals surface area contributed by atoms with E-state index in [9.17, 15) is 0 Å². The molecule has 0 saturated heterocycles. The zero-order valence-electron chi connectivity index (χ0n) is 29.5. The second kappa shape index (κ2) is 12.2. The molecule has 2 heterocycles. The topological polar surface area (TPSA) is 9.86 Å². The van der Waals surface area contributed by atoms with Crippen molar-refractivity contribution in [2.75, 3.05) is 0 Å². The summed E-state index contributed by atoms with van der Waals surface area (Å²) in [5.74, 6) is 0. The summed E-state index contributed by atoms with van der Waals surface area (Å²) >= 11 is 0. The maximum absolute atomic E-state index is 2.48. The fraction of sp³-hybridized carbons (Fsp3) is 0. The molecule has 0 aliphatic carbocycles. The number of benzene rings is 9. The van der Waals surface area contributed by atoms with Gasteiger partial charge < -0.3 is 9.13 Å². The van der Waals surface area contributed by atoms with E-state index in [-0.39, 0.29) is 0 Å². The van der Waals surface area contributed by atoms with Gasteiger partial charge in [0.05, 0.1) is 22.1 Å². The third-order valence-corrected chi connectivity index (χ3v) is 11.1. The van der Waals surface area contributed by atoms with Crippen LogP contribution in [0.25, 0.3) is 99.1 Å². The minimum Gasteiger partial charge on any atom is -0.309 e. The van der Waals surface area contributed by atoms with Crippen LogP contribution >= 0.6 is 0 Å². The molecule has 0 radical (unpaired) electrons. The molecule has 0 aliphatic rings. The van der Waals surface area contributed by atoms with Gasteiger partial charge >= 0.3 is 0 Å². The van der Waals surface area contributed by atoms with Gasteiger partial charge in [-0.3, -0.25) is 0 Å². The standard InChI is InChI=1S/C52H34N2/c1-3-13-35(14-4-1)37-23-28-41(29-24-37)53-48-21-11-9-19-44(48)46-32-27-40(34-50(46)53)51-43-18-8-7-17-39(43)33-47-45-20-10-12-22-49(45)54(52(47)51)42-30-25-38(26-31-42)36-15-5-2-6-16-36/h1-34H. The van der Waals surface area contributed by atoms with E-state index in [1.54, 1.807) is 0 Å². The minimum atomic E-state index is 1.14. The minimum absolute atomic E-state index is 1.14. The number of hydrogen-bond acceptors (Lipinski definition) is 0. The Labute approximate surface area is 313 Å². The number of hydrogen-bond donors (Lipinski definition) is 0. The van der Waals surface area contributed by atoms with E-state index in [1.165, 1.54) is 87.8 Å². The van der Waals surface area contributed by atoms with E-state index in [2.05, 4.69) is 215 Å². The van der Waals surface area contributed by atoms with Crippen molar-refractivity contribution in [2.45, 2.75) is 0 Å². The van der Waals surface area contributed by atoms with Crippen molar-refractivity contribution in [3.63, 3.8) is 0 Å². The molecule has 0 N–H and O–H groups in total. The van der Waals surface area contributed by atoms with Crippen LogP contribution in [-0.2, 0) is 0 Å². The highest BCUT2D eigenvalue weighted by Crippen LogP contribution is 2.44. The highest BCUT2D eigenvalue weighted by Gasteiger charge is 2.21. The number of rotatable bonds is 5. The molecule has 252 valence electrons. The second-order valence-electron chi connectivity index (χ2n) is 14.1. The average Bonchev–Trinajstić information content (AvgIpc) is 3.76. The van der Waals surface area contributed by atoms with Crippen molar-refractivity contribution in [1.29, 1.82) is 0 Å². The summed E-state index contributed by atoms with van der Waals surface area (Å²) in [6.07, 6.45) is 0. The molecule has 0 spiro atoms. The van der Waals surface area contributed by atoms with Crippen molar-refractivity contribution < 1.29 is 0 Å². The van der Waals surface area contributed by atoms with E-state index < -0.39 is 0 Å². The van der Waals surface area contributed by atoms with Crippen LogP contribution in [0.15, 0.2) is 206 Å². The lowest BCUT2D eigenvalue weighted by molar-refractivity contribution is 1.18. The van der Waals surface area contributed by atoms with E-state index in [1.807, 2.05) is 0 Å². The largest absolute Gasteiger partial charge is 0.309 e. The lowest BCUT2D eigenvalue weighted by atomic mass is 9.94. The fourth-order valence-electron chi connectivity index (χ4n) is 8.62. The molecule has 54 heavy (non-hydrogen) atoms. The van der Waals surface area contributed by atoms with E-state index >= 15 is 0 Å². The van der Waals surface area contributed by atoms with Crippen LogP contribution in [0, 0.1) is 0 Å². The lowest BCUT2D eigenvalue weighted by Gasteiger charge is -2.16. The van der Waals surface area contributed by atoms with Crippen molar-refractivity contribution in [1.82, 2.24) is 9.13 Å². The van der Waals surface area contributed by atoms with Gasteiger partial charge in [0, 0.05) is 38.5 Å². The first-order valence-corrected chi connectivity index (χ1v) is 18.6. The van der Waals surface area contributed by atoms with E-state index in [4.69, 9.17) is 0 Å². The van der Waals surface area contributed by atoms with Crippen LogP contribution < -0.4 is 0 Å². The molecule has 0 atom stereocenters. The summed E-state index contributed by atoms with van der Waals surface area (Å²) in [6, 6.07) is 75.2. The summed E-state index contributed by atoms with van der Waals surface area (Å²) in [4.78, 5) is 0.